The highest BCUT2D eigenvalue weighted by molar-refractivity contribution is 6.04. The third-order valence-corrected chi connectivity index (χ3v) is 4.42. The Labute approximate surface area is 158 Å². The molecular weight excluding hydrogens is 340 g/mol. The van der Waals surface area contributed by atoms with Crippen LogP contribution in [0.1, 0.15) is 29.4 Å². The van der Waals surface area contributed by atoms with Gasteiger partial charge in [-0.25, -0.2) is 4.68 Å². The van der Waals surface area contributed by atoms with Gasteiger partial charge in [0.25, 0.3) is 11.5 Å². The number of hydrogen-bond donors (Lipinski definition) is 1. The zero-order chi connectivity index (χ0) is 19.4. The lowest BCUT2D eigenvalue weighted by Crippen LogP contribution is -2.30. The number of rotatable bonds is 6. The predicted octanol–water partition coefficient (Wildman–Crippen LogP) is 2.80. The van der Waals surface area contributed by atoms with E-state index in [1.807, 2.05) is 56.3 Å². The van der Waals surface area contributed by atoms with Crippen LogP contribution in [-0.4, -0.2) is 29.8 Å². The molecule has 6 nitrogen and oxygen atoms in total. The summed E-state index contributed by atoms with van der Waals surface area (Å²) < 4.78 is 1.38. The maximum absolute atomic E-state index is 12.8. The van der Waals surface area contributed by atoms with Gasteiger partial charge in [0.2, 0.25) is 0 Å². The molecule has 0 bridgehead atoms. The summed E-state index contributed by atoms with van der Waals surface area (Å²) in [6.07, 6.45) is 0.768. The van der Waals surface area contributed by atoms with E-state index >= 15 is 0 Å². The first-order chi connectivity index (χ1) is 13.0. The van der Waals surface area contributed by atoms with Gasteiger partial charge >= 0.3 is 0 Å². The van der Waals surface area contributed by atoms with Crippen LogP contribution in [0.25, 0.3) is 10.8 Å². The Kier molecular flexibility index (Phi) is 5.54. The van der Waals surface area contributed by atoms with Crippen molar-refractivity contribution >= 4 is 22.4 Å². The van der Waals surface area contributed by atoms with E-state index in [1.165, 1.54) is 4.68 Å². The third-order valence-electron chi connectivity index (χ3n) is 4.42. The molecule has 2 aromatic carbocycles. The first-order valence-corrected chi connectivity index (χ1v) is 9.05. The maximum Gasteiger partial charge on any atom is 0.274 e. The molecule has 3 rings (SSSR count). The summed E-state index contributed by atoms with van der Waals surface area (Å²) in [5.41, 5.74) is 2.22. The summed E-state index contributed by atoms with van der Waals surface area (Å²) in [6.45, 7) is 2.85. The van der Waals surface area contributed by atoms with Gasteiger partial charge in [0.15, 0.2) is 5.69 Å². The molecule has 0 unspecified atom stereocenters. The topological polar surface area (TPSA) is 67.2 Å². The van der Waals surface area contributed by atoms with Gasteiger partial charge in [-0.2, -0.15) is 5.10 Å². The molecule has 0 fully saturated rings. The number of nitrogens with zero attached hydrogens (tertiary/aromatic N) is 3. The van der Waals surface area contributed by atoms with Gasteiger partial charge < -0.3 is 10.2 Å². The number of carbonyl (C=O) groups excluding carboxylic acids is 1. The van der Waals surface area contributed by atoms with E-state index in [2.05, 4.69) is 10.4 Å². The van der Waals surface area contributed by atoms with E-state index in [4.69, 9.17) is 0 Å². The standard InChI is InChI=1S/C21H24N4O2/c1-4-13-25-21(27)18-8-6-5-7-17(18)19(23-25)20(26)22-14-15-9-11-16(12-10-15)24(2)3/h5-12H,4,13-14H2,1-3H3,(H,22,26). The van der Waals surface area contributed by atoms with Crippen LogP contribution >= 0.6 is 0 Å². The fraction of sp³-hybridized carbons (Fsp3) is 0.286. The van der Waals surface area contributed by atoms with Gasteiger partial charge in [0.1, 0.15) is 0 Å². The van der Waals surface area contributed by atoms with Crippen LogP contribution in [0.5, 0.6) is 0 Å². The van der Waals surface area contributed by atoms with Crippen LogP contribution in [-0.2, 0) is 13.1 Å². The Morgan fingerprint density at radius 1 is 1.07 bits per heavy atom. The number of anilines is 1. The molecule has 0 saturated carbocycles. The lowest BCUT2D eigenvalue weighted by Gasteiger charge is -2.13. The first-order valence-electron chi connectivity index (χ1n) is 9.05. The minimum Gasteiger partial charge on any atom is -0.378 e. The normalized spacial score (nSPS) is 10.8. The molecular formula is C21H24N4O2. The molecule has 3 aromatic rings. The van der Waals surface area contributed by atoms with Crippen LogP contribution in [0.2, 0.25) is 0 Å². The molecule has 0 radical (unpaired) electrons. The largest absolute Gasteiger partial charge is 0.378 e. The maximum atomic E-state index is 12.8. The summed E-state index contributed by atoms with van der Waals surface area (Å²) in [5, 5.41) is 8.33. The predicted molar refractivity (Wildman–Crippen MR) is 108 cm³/mol. The monoisotopic (exact) mass is 364 g/mol. The lowest BCUT2D eigenvalue weighted by atomic mass is 10.1. The molecule has 1 N–H and O–H groups in total. The minimum absolute atomic E-state index is 0.164. The summed E-state index contributed by atoms with van der Waals surface area (Å²) in [7, 11) is 3.97. The van der Waals surface area contributed by atoms with Gasteiger partial charge in [-0.15, -0.1) is 0 Å². The smallest absolute Gasteiger partial charge is 0.274 e. The number of nitrogens with one attached hydrogen (secondary N) is 1. The molecule has 0 aliphatic heterocycles. The number of aryl methyl sites for hydroxylation is 1. The summed E-state index contributed by atoms with van der Waals surface area (Å²) >= 11 is 0. The SMILES string of the molecule is CCCn1nc(C(=O)NCc2ccc(N(C)C)cc2)c2ccccc2c1=O. The van der Waals surface area contributed by atoms with E-state index in [9.17, 15) is 9.59 Å². The Bertz CT molecular complexity index is 1010. The average Bonchev–Trinajstić information content (AvgIpc) is 2.68. The van der Waals surface area contributed by atoms with E-state index in [1.54, 1.807) is 18.2 Å². The van der Waals surface area contributed by atoms with Crippen molar-refractivity contribution in [1.82, 2.24) is 15.1 Å². The Hall–Kier alpha value is -3.15. The van der Waals surface area contributed by atoms with Crippen LogP contribution < -0.4 is 15.8 Å². The van der Waals surface area contributed by atoms with Gasteiger partial charge in [-0.3, -0.25) is 9.59 Å². The number of aromatic nitrogens is 2. The van der Waals surface area contributed by atoms with Crippen molar-refractivity contribution in [2.75, 3.05) is 19.0 Å². The molecule has 1 heterocycles. The first kappa shape index (κ1) is 18.6. The number of fused-ring (bicyclic) bond motifs is 1. The van der Waals surface area contributed by atoms with Gasteiger partial charge in [-0.1, -0.05) is 37.3 Å². The third kappa shape index (κ3) is 4.00. The van der Waals surface area contributed by atoms with E-state index < -0.39 is 0 Å². The van der Waals surface area contributed by atoms with Crippen LogP contribution in [0.3, 0.4) is 0 Å². The number of benzene rings is 2. The van der Waals surface area contributed by atoms with Crippen molar-refractivity contribution in [1.29, 1.82) is 0 Å². The number of carbonyl (C=O) groups is 1. The van der Waals surface area contributed by atoms with Crippen molar-refractivity contribution in [3.63, 3.8) is 0 Å². The second-order valence-electron chi connectivity index (χ2n) is 6.67. The molecule has 1 amide bonds. The van der Waals surface area contributed by atoms with Crippen molar-refractivity contribution < 1.29 is 4.79 Å². The molecule has 6 heteroatoms. The van der Waals surface area contributed by atoms with Gasteiger partial charge in [0, 0.05) is 38.3 Å². The highest BCUT2D eigenvalue weighted by Crippen LogP contribution is 2.15. The van der Waals surface area contributed by atoms with E-state index in [0.29, 0.717) is 23.9 Å². The van der Waals surface area contributed by atoms with Gasteiger partial charge in [-0.05, 0) is 30.2 Å². The minimum atomic E-state index is -0.285. The molecule has 1 aromatic heterocycles. The zero-order valence-corrected chi connectivity index (χ0v) is 15.9. The van der Waals surface area contributed by atoms with Crippen molar-refractivity contribution in [2.45, 2.75) is 26.4 Å². The molecule has 0 aliphatic carbocycles. The van der Waals surface area contributed by atoms with Crippen molar-refractivity contribution in [3.8, 4) is 0 Å². The fourth-order valence-electron chi connectivity index (χ4n) is 2.94. The Balaban J connectivity index is 1.86. The number of amides is 1. The molecule has 0 spiro atoms. The second kappa shape index (κ2) is 8.03. The highest BCUT2D eigenvalue weighted by Gasteiger charge is 2.16. The number of hydrogen-bond acceptors (Lipinski definition) is 4. The van der Waals surface area contributed by atoms with Crippen LogP contribution in [0.4, 0.5) is 5.69 Å². The summed E-state index contributed by atoms with van der Waals surface area (Å²) in [6, 6.07) is 15.1. The summed E-state index contributed by atoms with van der Waals surface area (Å²) in [4.78, 5) is 27.3. The Morgan fingerprint density at radius 3 is 2.37 bits per heavy atom. The average molecular weight is 364 g/mol. The van der Waals surface area contributed by atoms with Crippen LogP contribution in [0.15, 0.2) is 53.3 Å². The van der Waals surface area contributed by atoms with Crippen LogP contribution in [0, 0.1) is 0 Å². The lowest BCUT2D eigenvalue weighted by molar-refractivity contribution is 0.0945. The highest BCUT2D eigenvalue weighted by atomic mass is 16.2. The molecule has 0 atom stereocenters. The van der Waals surface area contributed by atoms with E-state index in [0.717, 1.165) is 17.7 Å². The van der Waals surface area contributed by atoms with Crippen molar-refractivity contribution in [2.24, 2.45) is 0 Å². The van der Waals surface area contributed by atoms with Gasteiger partial charge in [0.05, 0.1) is 5.39 Å². The molecule has 0 saturated heterocycles. The zero-order valence-electron chi connectivity index (χ0n) is 15.9. The van der Waals surface area contributed by atoms with Crippen molar-refractivity contribution in [3.05, 3.63) is 70.1 Å². The molecule has 140 valence electrons. The van der Waals surface area contributed by atoms with E-state index in [-0.39, 0.29) is 17.2 Å². The quantitative estimate of drug-likeness (QED) is 0.730. The molecule has 0 aliphatic rings. The fourth-order valence-corrected chi connectivity index (χ4v) is 2.94. The molecule has 27 heavy (non-hydrogen) atoms. The second-order valence-corrected chi connectivity index (χ2v) is 6.67. The summed E-state index contributed by atoms with van der Waals surface area (Å²) in [5.74, 6) is -0.285. The Morgan fingerprint density at radius 2 is 1.74 bits per heavy atom.